The molecule has 0 heterocycles. The fourth-order valence-electron chi connectivity index (χ4n) is 2.14. The molecule has 18 heavy (non-hydrogen) atoms. The molecule has 0 saturated carbocycles. The van der Waals surface area contributed by atoms with Crippen LogP contribution in [0, 0.1) is 20.8 Å². The van der Waals surface area contributed by atoms with Crippen molar-refractivity contribution in [3.63, 3.8) is 0 Å². The molecule has 0 bridgehead atoms. The molecule has 0 unspecified atom stereocenters. The molecule has 2 heteroatoms. The van der Waals surface area contributed by atoms with Crippen LogP contribution < -0.4 is 12.0 Å². The summed E-state index contributed by atoms with van der Waals surface area (Å²) in [5.41, 5.74) is 4.18. The summed E-state index contributed by atoms with van der Waals surface area (Å²) in [7, 11) is 1.75. The first-order valence-corrected chi connectivity index (χ1v) is 8.33. The van der Waals surface area contributed by atoms with Crippen molar-refractivity contribution in [3.05, 3.63) is 53.1 Å². The summed E-state index contributed by atoms with van der Waals surface area (Å²) < 4.78 is 8.37. The third-order valence-corrected chi connectivity index (χ3v) is 6.90. The first-order chi connectivity index (χ1) is 8.61. The summed E-state index contributed by atoms with van der Waals surface area (Å²) in [5, 5.41) is 0. The van der Waals surface area contributed by atoms with Gasteiger partial charge in [-0.3, -0.25) is 0 Å². The van der Waals surface area contributed by atoms with Gasteiger partial charge < -0.3 is 0 Å². The predicted molar refractivity (Wildman–Crippen MR) is 78.7 cm³/mol. The van der Waals surface area contributed by atoms with Crippen molar-refractivity contribution in [2.45, 2.75) is 20.8 Å². The van der Waals surface area contributed by atoms with Crippen LogP contribution in [0.3, 0.4) is 0 Å². The number of hydrogen-bond acceptors (Lipinski definition) is 1. The zero-order valence-electron chi connectivity index (χ0n) is 11.3. The van der Waals surface area contributed by atoms with Crippen LogP contribution in [0.1, 0.15) is 16.7 Å². The Morgan fingerprint density at radius 1 is 0.944 bits per heavy atom. The average Bonchev–Trinajstić information content (AvgIpc) is 2.34. The van der Waals surface area contributed by atoms with E-state index in [1.165, 1.54) is 23.9 Å². The van der Waals surface area contributed by atoms with E-state index < -0.39 is 0 Å². The Balaban J connectivity index is 2.40. The van der Waals surface area contributed by atoms with Gasteiger partial charge >= 0.3 is 120 Å². The molecule has 2 aromatic rings. The van der Waals surface area contributed by atoms with Crippen LogP contribution in [-0.2, 0) is 0 Å². The van der Waals surface area contributed by atoms with Crippen molar-refractivity contribution >= 4 is 28.1 Å². The minimum absolute atomic E-state index is 0.383. The minimum atomic E-state index is -0.383. The Hall–Kier alpha value is -0.970. The fourth-order valence-corrected chi connectivity index (χ4v) is 5.16. The maximum absolute atomic E-state index is 5.45. The summed E-state index contributed by atoms with van der Waals surface area (Å²) in [6.07, 6.45) is 0. The summed E-state index contributed by atoms with van der Waals surface area (Å²) in [5.74, 6) is 1.03. The SMILES string of the molecule is COc1ccccc1[Te]c1c(C)cc(C)cc1C. The van der Waals surface area contributed by atoms with Crippen LogP contribution >= 0.6 is 0 Å². The van der Waals surface area contributed by atoms with Gasteiger partial charge in [0.15, 0.2) is 0 Å². The molecule has 94 valence electrons. The first-order valence-electron chi connectivity index (χ1n) is 6.00. The normalized spacial score (nSPS) is 10.4. The van der Waals surface area contributed by atoms with Gasteiger partial charge in [0.05, 0.1) is 0 Å². The van der Waals surface area contributed by atoms with Gasteiger partial charge in [-0.25, -0.2) is 0 Å². The van der Waals surface area contributed by atoms with E-state index in [0.29, 0.717) is 0 Å². The Morgan fingerprint density at radius 2 is 1.56 bits per heavy atom. The van der Waals surface area contributed by atoms with Crippen molar-refractivity contribution in [3.8, 4) is 5.75 Å². The van der Waals surface area contributed by atoms with Crippen LogP contribution in [0.5, 0.6) is 5.75 Å². The van der Waals surface area contributed by atoms with Gasteiger partial charge in [-0.15, -0.1) is 0 Å². The molecule has 0 spiro atoms. The molecule has 2 rings (SSSR count). The van der Waals surface area contributed by atoms with Gasteiger partial charge in [0.1, 0.15) is 0 Å². The molecule has 0 saturated heterocycles. The third-order valence-electron chi connectivity index (χ3n) is 2.89. The molecule has 0 amide bonds. The first kappa shape index (κ1) is 13.5. The van der Waals surface area contributed by atoms with E-state index in [1.807, 2.05) is 6.07 Å². The third kappa shape index (κ3) is 2.88. The Morgan fingerprint density at radius 3 is 2.17 bits per heavy atom. The zero-order chi connectivity index (χ0) is 13.1. The number of hydrogen-bond donors (Lipinski definition) is 0. The molecule has 0 aliphatic rings. The number of rotatable bonds is 3. The van der Waals surface area contributed by atoms with Crippen LogP contribution in [0.15, 0.2) is 36.4 Å². The quantitative estimate of drug-likeness (QED) is 0.769. The molecule has 0 aliphatic carbocycles. The van der Waals surface area contributed by atoms with Crippen LogP contribution in [-0.4, -0.2) is 28.0 Å². The van der Waals surface area contributed by atoms with Crippen molar-refractivity contribution in [2.24, 2.45) is 0 Å². The predicted octanol–water partition coefficient (Wildman–Crippen LogP) is 2.28. The molecule has 0 aromatic heterocycles. The summed E-state index contributed by atoms with van der Waals surface area (Å²) in [6.45, 7) is 6.60. The standard InChI is InChI=1S/C16H18OTe/c1-11-9-12(2)16(13(3)10-11)18-15-8-6-5-7-14(15)17-4/h5-10H,1-4H3. The van der Waals surface area contributed by atoms with Crippen molar-refractivity contribution in [1.29, 1.82) is 0 Å². The van der Waals surface area contributed by atoms with Gasteiger partial charge in [-0.1, -0.05) is 0 Å². The summed E-state index contributed by atoms with van der Waals surface area (Å²) in [6, 6.07) is 12.9. The number of aryl methyl sites for hydroxylation is 3. The molecule has 0 N–H and O–H groups in total. The van der Waals surface area contributed by atoms with Crippen LogP contribution in [0.2, 0.25) is 0 Å². The molecule has 1 nitrogen and oxygen atoms in total. The van der Waals surface area contributed by atoms with Gasteiger partial charge in [-0.05, 0) is 0 Å². The van der Waals surface area contributed by atoms with Crippen molar-refractivity contribution < 1.29 is 4.74 Å². The summed E-state index contributed by atoms with van der Waals surface area (Å²) >= 11 is -0.383. The van der Waals surface area contributed by atoms with E-state index in [1.54, 1.807) is 7.11 Å². The molecular formula is C16H18OTe. The van der Waals surface area contributed by atoms with E-state index in [9.17, 15) is 0 Å². The number of para-hydroxylation sites is 1. The molecule has 2 aromatic carbocycles. The molecule has 0 atom stereocenters. The summed E-state index contributed by atoms with van der Waals surface area (Å²) in [4.78, 5) is 0. The molecule has 0 fully saturated rings. The Bertz CT molecular complexity index is 538. The van der Waals surface area contributed by atoms with Crippen LogP contribution in [0.4, 0.5) is 0 Å². The van der Waals surface area contributed by atoms with Crippen molar-refractivity contribution in [1.82, 2.24) is 0 Å². The Labute approximate surface area is 119 Å². The fraction of sp³-hybridized carbons (Fsp3) is 0.250. The van der Waals surface area contributed by atoms with Crippen LogP contribution in [0.25, 0.3) is 0 Å². The van der Waals surface area contributed by atoms with Gasteiger partial charge in [0, 0.05) is 0 Å². The van der Waals surface area contributed by atoms with E-state index in [-0.39, 0.29) is 20.9 Å². The van der Waals surface area contributed by atoms with Gasteiger partial charge in [0.25, 0.3) is 0 Å². The van der Waals surface area contributed by atoms with E-state index in [2.05, 4.69) is 51.1 Å². The topological polar surface area (TPSA) is 9.23 Å². The van der Waals surface area contributed by atoms with E-state index >= 15 is 0 Å². The number of benzene rings is 2. The maximum atomic E-state index is 5.45. The van der Waals surface area contributed by atoms with Crippen molar-refractivity contribution in [2.75, 3.05) is 7.11 Å². The molecule has 0 aliphatic heterocycles. The van der Waals surface area contributed by atoms with E-state index in [0.717, 1.165) is 5.75 Å². The number of ether oxygens (including phenoxy) is 1. The molecular weight excluding hydrogens is 336 g/mol. The van der Waals surface area contributed by atoms with Gasteiger partial charge in [-0.2, -0.15) is 0 Å². The van der Waals surface area contributed by atoms with Gasteiger partial charge in [0.2, 0.25) is 0 Å². The van der Waals surface area contributed by atoms with E-state index in [4.69, 9.17) is 4.74 Å². The second kappa shape index (κ2) is 5.78. The molecule has 0 radical (unpaired) electrons. The second-order valence-corrected chi connectivity index (χ2v) is 7.48. The second-order valence-electron chi connectivity index (χ2n) is 4.48. The average molecular weight is 354 g/mol. The zero-order valence-corrected chi connectivity index (χ0v) is 13.6. The monoisotopic (exact) mass is 356 g/mol. The number of methoxy groups -OCH3 is 1. The Kier molecular flexibility index (Phi) is 4.32.